The number of nitrogens with one attached hydrogen (secondary N) is 4. The predicted molar refractivity (Wildman–Crippen MR) is 147 cm³/mol. The summed E-state index contributed by atoms with van der Waals surface area (Å²) in [5.41, 5.74) is 5.30. The van der Waals surface area contributed by atoms with Crippen molar-refractivity contribution < 1.29 is 24.7 Å². The van der Waals surface area contributed by atoms with Gasteiger partial charge in [0.2, 0.25) is 5.91 Å². The van der Waals surface area contributed by atoms with Crippen molar-refractivity contribution in [2.24, 2.45) is 0 Å². The normalized spacial score (nSPS) is 12.5. The lowest BCUT2D eigenvalue weighted by atomic mass is 10.0. The van der Waals surface area contributed by atoms with Crippen molar-refractivity contribution in [1.29, 1.82) is 0 Å². The number of carbonyl (C=O) groups excluding carboxylic acids is 3. The van der Waals surface area contributed by atoms with Crippen LogP contribution in [0.3, 0.4) is 0 Å². The number of anilines is 1. The van der Waals surface area contributed by atoms with Crippen molar-refractivity contribution in [3.8, 4) is 11.1 Å². The van der Waals surface area contributed by atoms with Crippen LogP contribution in [0.5, 0.6) is 0 Å². The molecule has 6 N–H and O–H groups in total. The molecule has 0 unspecified atom stereocenters. The molecule has 4 aromatic rings. The highest BCUT2D eigenvalue weighted by atomic mass is 32.1. The quantitative estimate of drug-likeness (QED) is 0.137. The summed E-state index contributed by atoms with van der Waals surface area (Å²) in [5.74, 6) is -1.62. The number of hydrogen-bond donors (Lipinski definition) is 6. The molecule has 1 heterocycles. The maximum atomic E-state index is 12.4. The van der Waals surface area contributed by atoms with E-state index in [-0.39, 0.29) is 18.0 Å². The second-order valence-electron chi connectivity index (χ2n) is 8.73. The third-order valence-electron chi connectivity index (χ3n) is 5.97. The number of aliphatic hydroxyl groups is 1. The van der Waals surface area contributed by atoms with Crippen molar-refractivity contribution in [2.45, 2.75) is 25.6 Å². The molecule has 3 aromatic carbocycles. The summed E-state index contributed by atoms with van der Waals surface area (Å²) in [5, 5.41) is 30.2. The van der Waals surface area contributed by atoms with E-state index in [2.05, 4.69) is 33.5 Å². The zero-order valence-corrected chi connectivity index (χ0v) is 21.4. The fourth-order valence-electron chi connectivity index (χ4n) is 3.94. The molecule has 0 fully saturated rings. The number of benzene rings is 3. The van der Waals surface area contributed by atoms with Gasteiger partial charge in [0.15, 0.2) is 0 Å². The van der Waals surface area contributed by atoms with Crippen molar-refractivity contribution in [1.82, 2.24) is 16.1 Å². The molecule has 0 aliphatic rings. The second-order valence-corrected chi connectivity index (χ2v) is 9.64. The minimum Gasteiger partial charge on any atom is -0.391 e. The van der Waals surface area contributed by atoms with Gasteiger partial charge in [0.25, 0.3) is 11.8 Å². The van der Waals surface area contributed by atoms with E-state index >= 15 is 0 Å². The molecule has 0 bridgehead atoms. The molecule has 0 spiro atoms. The van der Waals surface area contributed by atoms with Gasteiger partial charge in [0.1, 0.15) is 6.04 Å². The highest BCUT2D eigenvalue weighted by molar-refractivity contribution is 7.17. The first kappa shape index (κ1) is 27.0. The standard InChI is InChI=1S/C28H28N4O5S/c1-17(33)26(28(36)32-37)31-27(35)20-8-6-18(7-9-20)19-10-12-22(13-11-19)30-25(34)15-29-14-21-16-38-24-5-3-2-4-23(21)24/h2-13,16-17,26,29,33,37H,14-15H2,1H3,(H,30,34)(H,31,35)(H,32,36)/t17-,26+/m1/s1. The van der Waals surface area contributed by atoms with Crippen LogP contribution in [-0.2, 0) is 16.1 Å². The molecule has 1 aromatic heterocycles. The van der Waals surface area contributed by atoms with Crippen molar-refractivity contribution >= 4 is 44.8 Å². The molecule has 10 heteroatoms. The fourth-order valence-corrected chi connectivity index (χ4v) is 4.91. The molecule has 0 saturated carbocycles. The lowest BCUT2D eigenvalue weighted by Gasteiger charge is -2.19. The van der Waals surface area contributed by atoms with E-state index in [9.17, 15) is 19.5 Å². The van der Waals surface area contributed by atoms with Crippen LogP contribution in [0.25, 0.3) is 21.2 Å². The molecular formula is C28H28N4O5S. The van der Waals surface area contributed by atoms with E-state index in [1.54, 1.807) is 47.7 Å². The largest absolute Gasteiger partial charge is 0.391 e. The first-order valence-corrected chi connectivity index (χ1v) is 12.8. The van der Waals surface area contributed by atoms with Crippen LogP contribution in [0.4, 0.5) is 5.69 Å². The van der Waals surface area contributed by atoms with Crippen molar-refractivity contribution in [3.05, 3.63) is 89.3 Å². The minimum absolute atomic E-state index is 0.141. The average molecular weight is 533 g/mol. The number of rotatable bonds is 10. The van der Waals surface area contributed by atoms with Gasteiger partial charge in [-0.3, -0.25) is 19.6 Å². The number of hydroxylamine groups is 1. The molecule has 2 atom stereocenters. The molecule has 38 heavy (non-hydrogen) atoms. The van der Waals surface area contributed by atoms with Crippen LogP contribution in [0.15, 0.2) is 78.2 Å². The first-order chi connectivity index (χ1) is 18.4. The van der Waals surface area contributed by atoms with Gasteiger partial charge in [-0.25, -0.2) is 5.48 Å². The lowest BCUT2D eigenvalue weighted by Crippen LogP contribution is -2.51. The van der Waals surface area contributed by atoms with Crippen LogP contribution >= 0.6 is 11.3 Å². The summed E-state index contributed by atoms with van der Waals surface area (Å²) in [6.07, 6.45) is -1.19. The number of aliphatic hydroxyl groups excluding tert-OH is 1. The number of carbonyl (C=O) groups is 3. The third kappa shape index (κ3) is 6.61. The van der Waals surface area contributed by atoms with Crippen molar-refractivity contribution in [3.63, 3.8) is 0 Å². The summed E-state index contributed by atoms with van der Waals surface area (Å²) < 4.78 is 1.23. The summed E-state index contributed by atoms with van der Waals surface area (Å²) >= 11 is 1.69. The Balaban J connectivity index is 1.29. The number of hydrogen-bond acceptors (Lipinski definition) is 7. The fraction of sp³-hybridized carbons (Fsp3) is 0.179. The van der Waals surface area contributed by atoms with Gasteiger partial charge in [-0.1, -0.05) is 42.5 Å². The Morgan fingerprint density at radius 1 is 0.921 bits per heavy atom. The predicted octanol–water partition coefficient (Wildman–Crippen LogP) is 3.28. The summed E-state index contributed by atoms with van der Waals surface area (Å²) in [4.78, 5) is 36.5. The molecule has 9 nitrogen and oxygen atoms in total. The van der Waals surface area contributed by atoms with Crippen LogP contribution in [-0.4, -0.2) is 46.7 Å². The average Bonchev–Trinajstić information content (AvgIpc) is 3.34. The molecule has 0 radical (unpaired) electrons. The Hall–Kier alpha value is -4.09. The molecule has 196 valence electrons. The zero-order valence-electron chi connectivity index (χ0n) is 20.6. The van der Waals surface area contributed by atoms with E-state index in [4.69, 9.17) is 5.21 Å². The Morgan fingerprint density at radius 3 is 2.24 bits per heavy atom. The van der Waals surface area contributed by atoms with Gasteiger partial charge < -0.3 is 21.1 Å². The lowest BCUT2D eigenvalue weighted by molar-refractivity contribution is -0.133. The summed E-state index contributed by atoms with van der Waals surface area (Å²) in [6, 6.07) is 20.9. The van der Waals surface area contributed by atoms with Gasteiger partial charge in [0, 0.05) is 22.5 Å². The van der Waals surface area contributed by atoms with Gasteiger partial charge >= 0.3 is 0 Å². The molecule has 0 aliphatic carbocycles. The van der Waals surface area contributed by atoms with E-state index in [0.717, 1.165) is 11.1 Å². The van der Waals surface area contributed by atoms with E-state index < -0.39 is 24.0 Å². The van der Waals surface area contributed by atoms with Crippen LogP contribution in [0.1, 0.15) is 22.8 Å². The van der Waals surface area contributed by atoms with E-state index in [1.807, 2.05) is 24.3 Å². The second kappa shape index (κ2) is 12.4. The number of thiophene rings is 1. The number of fused-ring (bicyclic) bond motifs is 1. The third-order valence-corrected chi connectivity index (χ3v) is 6.99. The van der Waals surface area contributed by atoms with Crippen molar-refractivity contribution in [2.75, 3.05) is 11.9 Å². The molecule has 3 amide bonds. The molecule has 0 saturated heterocycles. The maximum Gasteiger partial charge on any atom is 0.268 e. The summed E-state index contributed by atoms with van der Waals surface area (Å²) in [7, 11) is 0. The van der Waals surface area contributed by atoms with Gasteiger partial charge in [-0.15, -0.1) is 11.3 Å². The zero-order chi connectivity index (χ0) is 27.1. The SMILES string of the molecule is C[C@@H](O)[C@H](NC(=O)c1ccc(-c2ccc(NC(=O)CNCc3csc4ccccc34)cc2)cc1)C(=O)NO. The highest BCUT2D eigenvalue weighted by Gasteiger charge is 2.25. The van der Waals surface area contributed by atoms with Gasteiger partial charge in [-0.2, -0.15) is 0 Å². The van der Waals surface area contributed by atoms with Gasteiger partial charge in [0.05, 0.1) is 12.6 Å². The Morgan fingerprint density at radius 2 is 1.58 bits per heavy atom. The van der Waals surface area contributed by atoms with Crippen LogP contribution < -0.4 is 21.4 Å². The Bertz CT molecular complexity index is 1420. The van der Waals surface area contributed by atoms with E-state index in [0.29, 0.717) is 12.2 Å². The smallest absolute Gasteiger partial charge is 0.268 e. The molecular weight excluding hydrogens is 504 g/mol. The molecule has 4 rings (SSSR count). The topological polar surface area (TPSA) is 140 Å². The Labute approximate surface area is 223 Å². The first-order valence-electron chi connectivity index (χ1n) is 11.9. The van der Waals surface area contributed by atoms with E-state index in [1.165, 1.54) is 28.1 Å². The minimum atomic E-state index is -1.29. The Kier molecular flexibility index (Phi) is 8.82. The summed E-state index contributed by atoms with van der Waals surface area (Å²) in [6.45, 7) is 2.13. The molecule has 0 aliphatic heterocycles. The van der Waals surface area contributed by atoms with Gasteiger partial charge in [-0.05, 0) is 64.7 Å². The number of amides is 3. The maximum absolute atomic E-state index is 12.4. The van der Waals surface area contributed by atoms with Crippen LogP contribution in [0, 0.1) is 0 Å². The van der Waals surface area contributed by atoms with Crippen LogP contribution in [0.2, 0.25) is 0 Å². The monoisotopic (exact) mass is 532 g/mol. The highest BCUT2D eigenvalue weighted by Crippen LogP contribution is 2.25.